The fourth-order valence-corrected chi connectivity index (χ4v) is 10.2. The first-order valence-electron chi connectivity index (χ1n) is 22.9. The lowest BCUT2D eigenvalue weighted by molar-refractivity contribution is 0.670. The predicted octanol–water partition coefficient (Wildman–Crippen LogP) is 18.0. The summed E-state index contributed by atoms with van der Waals surface area (Å²) in [5, 5.41) is 7.20. The molecule has 0 amide bonds. The summed E-state index contributed by atoms with van der Waals surface area (Å²) >= 11 is 0. The Labute approximate surface area is 388 Å². The van der Waals surface area contributed by atoms with Gasteiger partial charge < -0.3 is 13.9 Å². The SMILES string of the molecule is c1cc(-c2ccc3ccccc3c2)cc(N(c2ccc(-c3ccc(-c4ccccc4-n4c5ccccc5c5ccccc54)cc3)cc2)c2ccccc2-c2cccc3c2oc2ccccc23)c1. The molecule has 3 nitrogen and oxygen atoms in total. The van der Waals surface area contributed by atoms with Crippen molar-refractivity contribution in [3.8, 4) is 50.2 Å². The average Bonchev–Trinajstić information content (AvgIpc) is 3.95. The van der Waals surface area contributed by atoms with Crippen LogP contribution in [0.1, 0.15) is 0 Å². The van der Waals surface area contributed by atoms with Gasteiger partial charge in [0.25, 0.3) is 0 Å². The normalized spacial score (nSPS) is 11.6. The maximum absolute atomic E-state index is 6.64. The molecule has 0 aliphatic heterocycles. The predicted molar refractivity (Wildman–Crippen MR) is 282 cm³/mol. The van der Waals surface area contributed by atoms with Crippen molar-refractivity contribution in [2.75, 3.05) is 4.90 Å². The van der Waals surface area contributed by atoms with Crippen molar-refractivity contribution >= 4 is 71.6 Å². The molecule has 0 aliphatic rings. The van der Waals surface area contributed by atoms with Crippen LogP contribution in [-0.4, -0.2) is 4.57 Å². The molecule has 67 heavy (non-hydrogen) atoms. The number of hydrogen-bond acceptors (Lipinski definition) is 2. The molecule has 0 unspecified atom stereocenters. The Morgan fingerprint density at radius 3 is 1.66 bits per heavy atom. The summed E-state index contributed by atoms with van der Waals surface area (Å²) in [5.41, 5.74) is 17.7. The number of aromatic nitrogens is 1. The molecule has 2 aromatic heterocycles. The van der Waals surface area contributed by atoms with Crippen LogP contribution in [0.3, 0.4) is 0 Å². The number of hydrogen-bond donors (Lipinski definition) is 0. The third kappa shape index (κ3) is 6.59. The Morgan fingerprint density at radius 2 is 0.866 bits per heavy atom. The minimum absolute atomic E-state index is 0.887. The van der Waals surface area contributed by atoms with Gasteiger partial charge in [0.1, 0.15) is 11.2 Å². The van der Waals surface area contributed by atoms with Crippen LogP contribution in [0.4, 0.5) is 17.1 Å². The first-order chi connectivity index (χ1) is 33.2. The zero-order valence-electron chi connectivity index (χ0n) is 36.6. The Hall–Kier alpha value is -8.92. The number of para-hydroxylation sites is 6. The lowest BCUT2D eigenvalue weighted by Crippen LogP contribution is -2.11. The Morgan fingerprint density at radius 1 is 0.313 bits per heavy atom. The van der Waals surface area contributed by atoms with Gasteiger partial charge in [-0.2, -0.15) is 0 Å². The molecule has 0 saturated carbocycles. The van der Waals surface area contributed by atoms with Crippen LogP contribution in [0, 0.1) is 0 Å². The molecule has 0 aliphatic carbocycles. The van der Waals surface area contributed by atoms with Gasteiger partial charge in [-0.3, -0.25) is 0 Å². The monoisotopic (exact) mass is 854 g/mol. The highest BCUT2D eigenvalue weighted by atomic mass is 16.3. The van der Waals surface area contributed by atoms with Gasteiger partial charge in [-0.1, -0.05) is 194 Å². The lowest BCUT2D eigenvalue weighted by Gasteiger charge is -2.28. The molecule has 13 rings (SSSR count). The fourth-order valence-electron chi connectivity index (χ4n) is 10.2. The maximum Gasteiger partial charge on any atom is 0.143 e. The molecular formula is C64H42N2O. The summed E-state index contributed by atoms with van der Waals surface area (Å²) in [5.74, 6) is 0. The Kier molecular flexibility index (Phi) is 9.17. The molecule has 2 heterocycles. The molecule has 3 heteroatoms. The molecule has 0 fully saturated rings. The van der Waals surface area contributed by atoms with Gasteiger partial charge in [0, 0.05) is 49.6 Å². The van der Waals surface area contributed by atoms with E-state index in [0.717, 1.165) is 66.8 Å². The molecule has 13 aromatic rings. The standard InChI is InChI=1S/C64H42N2O/c1-2-16-47-41-49(36-33-43(47)15-1)48-17-13-18-51(42-48)65(60-27-9-6-22-55(60)57-24-14-25-58-56-23-7-12-30-63(56)67-64(57)58)50-39-37-45(38-40-50)44-31-34-46(35-32-44)52-19-3-8-26-59(52)66-61-28-10-4-20-53(61)54-21-5-11-29-62(54)66/h1-42H. The molecule has 0 bridgehead atoms. The fraction of sp³-hybridized carbons (Fsp3) is 0. The van der Waals surface area contributed by atoms with Crippen LogP contribution >= 0.6 is 0 Å². The highest BCUT2D eigenvalue weighted by Crippen LogP contribution is 2.45. The summed E-state index contributed by atoms with van der Waals surface area (Å²) in [6.45, 7) is 0. The van der Waals surface area contributed by atoms with Crippen molar-refractivity contribution < 1.29 is 4.42 Å². The van der Waals surface area contributed by atoms with E-state index in [1.165, 1.54) is 55.0 Å². The van der Waals surface area contributed by atoms with Crippen LogP contribution in [0.15, 0.2) is 259 Å². The summed E-state index contributed by atoms with van der Waals surface area (Å²) < 4.78 is 9.04. The molecule has 0 N–H and O–H groups in total. The van der Waals surface area contributed by atoms with Gasteiger partial charge in [-0.05, 0) is 99.3 Å². The number of rotatable bonds is 8. The smallest absolute Gasteiger partial charge is 0.143 e. The minimum Gasteiger partial charge on any atom is -0.455 e. The van der Waals surface area contributed by atoms with E-state index in [9.17, 15) is 0 Å². The van der Waals surface area contributed by atoms with E-state index in [1.54, 1.807) is 0 Å². The van der Waals surface area contributed by atoms with E-state index >= 15 is 0 Å². The first kappa shape index (κ1) is 38.5. The zero-order chi connectivity index (χ0) is 44.3. The van der Waals surface area contributed by atoms with Crippen LogP contribution in [0.25, 0.3) is 105 Å². The van der Waals surface area contributed by atoms with E-state index in [4.69, 9.17) is 4.42 Å². The molecule has 314 valence electrons. The van der Waals surface area contributed by atoms with Gasteiger partial charge in [0.2, 0.25) is 0 Å². The third-order valence-corrected chi connectivity index (χ3v) is 13.4. The maximum atomic E-state index is 6.64. The van der Waals surface area contributed by atoms with Crippen LogP contribution in [0.5, 0.6) is 0 Å². The van der Waals surface area contributed by atoms with E-state index in [2.05, 4.69) is 258 Å². The van der Waals surface area contributed by atoms with Crippen molar-refractivity contribution in [1.29, 1.82) is 0 Å². The second-order valence-corrected chi connectivity index (χ2v) is 17.3. The van der Waals surface area contributed by atoms with E-state index < -0.39 is 0 Å². The third-order valence-electron chi connectivity index (χ3n) is 13.4. The Bertz CT molecular complexity index is 3930. The molecule has 0 radical (unpaired) electrons. The van der Waals surface area contributed by atoms with Gasteiger partial charge in [0.15, 0.2) is 0 Å². The molecule has 0 spiro atoms. The Balaban J connectivity index is 0.904. The van der Waals surface area contributed by atoms with Crippen molar-refractivity contribution in [2.24, 2.45) is 0 Å². The molecular weight excluding hydrogens is 813 g/mol. The summed E-state index contributed by atoms with van der Waals surface area (Å²) in [6.07, 6.45) is 0. The van der Waals surface area contributed by atoms with Gasteiger partial charge >= 0.3 is 0 Å². The van der Waals surface area contributed by atoms with Crippen molar-refractivity contribution in [2.45, 2.75) is 0 Å². The zero-order valence-corrected chi connectivity index (χ0v) is 36.6. The first-order valence-corrected chi connectivity index (χ1v) is 22.9. The molecule has 0 saturated heterocycles. The summed E-state index contributed by atoms with van der Waals surface area (Å²) in [4.78, 5) is 2.39. The molecule has 0 atom stereocenters. The van der Waals surface area contributed by atoms with Crippen molar-refractivity contribution in [3.05, 3.63) is 255 Å². The number of fused-ring (bicyclic) bond motifs is 7. The second kappa shape index (κ2) is 16.0. The molecule has 11 aromatic carbocycles. The van der Waals surface area contributed by atoms with Gasteiger partial charge in [-0.15, -0.1) is 0 Å². The topological polar surface area (TPSA) is 21.3 Å². The van der Waals surface area contributed by atoms with Gasteiger partial charge in [-0.25, -0.2) is 0 Å². The van der Waals surface area contributed by atoms with Crippen LogP contribution < -0.4 is 4.90 Å². The highest BCUT2D eigenvalue weighted by Gasteiger charge is 2.21. The largest absolute Gasteiger partial charge is 0.455 e. The number of furan rings is 1. The van der Waals surface area contributed by atoms with Crippen molar-refractivity contribution in [1.82, 2.24) is 4.57 Å². The number of benzene rings is 11. The van der Waals surface area contributed by atoms with Crippen molar-refractivity contribution in [3.63, 3.8) is 0 Å². The summed E-state index contributed by atoms with van der Waals surface area (Å²) in [7, 11) is 0. The lowest BCUT2D eigenvalue weighted by atomic mass is 9.97. The second-order valence-electron chi connectivity index (χ2n) is 17.3. The van der Waals surface area contributed by atoms with Crippen LogP contribution in [-0.2, 0) is 0 Å². The number of anilines is 3. The van der Waals surface area contributed by atoms with E-state index in [-0.39, 0.29) is 0 Å². The van der Waals surface area contributed by atoms with Crippen LogP contribution in [0.2, 0.25) is 0 Å². The average molecular weight is 855 g/mol. The van der Waals surface area contributed by atoms with Gasteiger partial charge in [0.05, 0.1) is 22.4 Å². The number of nitrogens with zero attached hydrogens (tertiary/aromatic N) is 2. The summed E-state index contributed by atoms with van der Waals surface area (Å²) in [6, 6.07) is 91.9. The highest BCUT2D eigenvalue weighted by molar-refractivity contribution is 6.11. The minimum atomic E-state index is 0.887. The van der Waals surface area contributed by atoms with E-state index in [1.807, 2.05) is 6.07 Å². The quantitative estimate of drug-likeness (QED) is 0.152. The van der Waals surface area contributed by atoms with E-state index in [0.29, 0.717) is 0 Å².